The Labute approximate surface area is 106 Å². The van der Waals surface area contributed by atoms with Gasteiger partial charge in [0.05, 0.1) is 0 Å². The summed E-state index contributed by atoms with van der Waals surface area (Å²) < 4.78 is 0. The number of fused-ring (bicyclic) bond motifs is 1. The highest BCUT2D eigenvalue weighted by Gasteiger charge is 2.27. The van der Waals surface area contributed by atoms with Gasteiger partial charge in [0.25, 0.3) is 0 Å². The topological polar surface area (TPSA) is 40.5 Å². The molecule has 0 radical (unpaired) electrons. The van der Waals surface area contributed by atoms with Gasteiger partial charge in [-0.15, -0.1) is 0 Å². The van der Waals surface area contributed by atoms with E-state index in [1.54, 1.807) is 12.3 Å². The van der Waals surface area contributed by atoms with Crippen molar-refractivity contribution in [2.24, 2.45) is 5.41 Å². The number of rotatable bonds is 0. The summed E-state index contributed by atoms with van der Waals surface area (Å²) in [6.07, 6.45) is 4.35. The maximum atomic E-state index is 11.4. The van der Waals surface area contributed by atoms with Crippen LogP contribution < -0.4 is 10.4 Å². The number of nitrogens with zero attached hydrogens (tertiary/aromatic N) is 1. The van der Waals surface area contributed by atoms with E-state index in [-0.39, 0.29) is 5.41 Å². The Kier molecular flexibility index (Phi) is 2.99. The SMILES string of the molecule is CC(C)(C)C1=c2ccccc2=CC=CN1C(=O)O. The summed E-state index contributed by atoms with van der Waals surface area (Å²) in [6, 6.07) is 7.86. The van der Waals surface area contributed by atoms with Crippen molar-refractivity contribution in [2.45, 2.75) is 20.8 Å². The van der Waals surface area contributed by atoms with Crippen LogP contribution in [0.1, 0.15) is 20.8 Å². The van der Waals surface area contributed by atoms with Gasteiger partial charge in [-0.25, -0.2) is 4.79 Å². The Bertz CT molecular complexity index is 621. The number of benzene rings is 1. The smallest absolute Gasteiger partial charge is 0.415 e. The molecular weight excluding hydrogens is 226 g/mol. The van der Waals surface area contributed by atoms with Crippen molar-refractivity contribution in [1.82, 2.24) is 4.90 Å². The van der Waals surface area contributed by atoms with E-state index in [0.717, 1.165) is 16.1 Å². The van der Waals surface area contributed by atoms with Gasteiger partial charge in [0.1, 0.15) is 0 Å². The molecule has 1 aromatic rings. The Morgan fingerprint density at radius 1 is 1.22 bits per heavy atom. The van der Waals surface area contributed by atoms with Crippen LogP contribution in [0.4, 0.5) is 4.79 Å². The quantitative estimate of drug-likeness (QED) is 0.758. The summed E-state index contributed by atoms with van der Waals surface area (Å²) in [5, 5.41) is 11.4. The van der Waals surface area contributed by atoms with Crippen LogP contribution in [-0.4, -0.2) is 16.1 Å². The van der Waals surface area contributed by atoms with Crippen molar-refractivity contribution in [2.75, 3.05) is 0 Å². The monoisotopic (exact) mass is 243 g/mol. The van der Waals surface area contributed by atoms with E-state index in [1.807, 2.05) is 51.1 Å². The van der Waals surface area contributed by atoms with Crippen molar-refractivity contribution in [3.63, 3.8) is 0 Å². The van der Waals surface area contributed by atoms with Gasteiger partial charge in [0, 0.05) is 22.5 Å². The maximum absolute atomic E-state index is 11.4. The van der Waals surface area contributed by atoms with Crippen LogP contribution in [0, 0.1) is 5.41 Å². The van der Waals surface area contributed by atoms with Crippen LogP contribution in [-0.2, 0) is 0 Å². The first-order valence-corrected chi connectivity index (χ1v) is 5.92. The third-order valence-corrected chi connectivity index (χ3v) is 2.88. The van der Waals surface area contributed by atoms with Crippen LogP contribution in [0.2, 0.25) is 0 Å². The highest BCUT2D eigenvalue weighted by Crippen LogP contribution is 2.29. The molecule has 0 unspecified atom stereocenters. The standard InChI is InChI=1S/C15H17NO2/c1-15(2,3)13-12-9-5-4-7-11(12)8-6-10-16(13)14(17)18/h4-10H,1-3H3,(H,17,18). The van der Waals surface area contributed by atoms with Gasteiger partial charge in [-0.3, -0.25) is 4.90 Å². The largest absolute Gasteiger partial charge is 0.464 e. The van der Waals surface area contributed by atoms with Gasteiger partial charge < -0.3 is 5.11 Å². The van der Waals surface area contributed by atoms with E-state index >= 15 is 0 Å². The Balaban J connectivity index is 2.88. The summed E-state index contributed by atoms with van der Waals surface area (Å²) in [4.78, 5) is 12.7. The van der Waals surface area contributed by atoms with Crippen LogP contribution >= 0.6 is 0 Å². The highest BCUT2D eigenvalue weighted by molar-refractivity contribution is 5.78. The number of allylic oxidation sites excluding steroid dienone is 1. The molecule has 0 fully saturated rings. The van der Waals surface area contributed by atoms with E-state index in [9.17, 15) is 9.90 Å². The molecule has 0 saturated carbocycles. The molecule has 0 aliphatic carbocycles. The average Bonchev–Trinajstić information content (AvgIpc) is 2.46. The molecule has 0 atom stereocenters. The summed E-state index contributed by atoms with van der Waals surface area (Å²) in [5.41, 5.74) is 0.549. The second-order valence-electron chi connectivity index (χ2n) is 5.35. The highest BCUT2D eigenvalue weighted by atomic mass is 16.4. The number of carbonyl (C=O) groups is 1. The van der Waals surface area contributed by atoms with E-state index in [4.69, 9.17) is 0 Å². The molecule has 1 aliphatic heterocycles. The molecule has 1 N–H and O–H groups in total. The van der Waals surface area contributed by atoms with Crippen molar-refractivity contribution in [3.8, 4) is 0 Å². The van der Waals surface area contributed by atoms with Crippen molar-refractivity contribution < 1.29 is 9.90 Å². The lowest BCUT2D eigenvalue weighted by Crippen LogP contribution is -2.38. The minimum atomic E-state index is -0.957. The second kappa shape index (κ2) is 4.33. The lowest BCUT2D eigenvalue weighted by Gasteiger charge is -2.29. The number of hydrogen-bond acceptors (Lipinski definition) is 1. The molecular formula is C15H17NO2. The molecule has 94 valence electrons. The van der Waals surface area contributed by atoms with Crippen LogP contribution in [0.15, 0.2) is 36.5 Å². The fraction of sp³-hybridized carbons (Fsp3) is 0.267. The third-order valence-electron chi connectivity index (χ3n) is 2.88. The lowest BCUT2D eigenvalue weighted by molar-refractivity contribution is 0.173. The average molecular weight is 243 g/mol. The zero-order valence-corrected chi connectivity index (χ0v) is 10.8. The minimum absolute atomic E-state index is 0.253. The summed E-state index contributed by atoms with van der Waals surface area (Å²) >= 11 is 0. The first-order chi connectivity index (χ1) is 8.41. The number of hydrogen-bond donors (Lipinski definition) is 1. The summed E-state index contributed by atoms with van der Waals surface area (Å²) in [6.45, 7) is 6.07. The van der Waals surface area contributed by atoms with Gasteiger partial charge in [0.15, 0.2) is 0 Å². The molecule has 3 nitrogen and oxygen atoms in total. The van der Waals surface area contributed by atoms with Gasteiger partial charge in [0.2, 0.25) is 0 Å². The normalized spacial score (nSPS) is 14.8. The first kappa shape index (κ1) is 12.4. The molecule has 18 heavy (non-hydrogen) atoms. The van der Waals surface area contributed by atoms with Gasteiger partial charge >= 0.3 is 6.09 Å². The maximum Gasteiger partial charge on any atom is 0.415 e. The summed E-state index contributed by atoms with van der Waals surface area (Å²) in [5.74, 6) is 0. The fourth-order valence-electron chi connectivity index (χ4n) is 2.22. The molecule has 0 aromatic heterocycles. The predicted molar refractivity (Wildman–Crippen MR) is 72.0 cm³/mol. The second-order valence-corrected chi connectivity index (χ2v) is 5.35. The molecule has 0 spiro atoms. The van der Waals surface area contributed by atoms with Gasteiger partial charge in [-0.05, 0) is 11.3 Å². The van der Waals surface area contributed by atoms with Crippen molar-refractivity contribution in [3.05, 3.63) is 47.0 Å². The van der Waals surface area contributed by atoms with E-state index in [1.165, 1.54) is 4.90 Å². The zero-order chi connectivity index (χ0) is 13.3. The first-order valence-electron chi connectivity index (χ1n) is 5.92. The predicted octanol–water partition coefficient (Wildman–Crippen LogP) is 2.13. The Morgan fingerprint density at radius 2 is 1.89 bits per heavy atom. The van der Waals surface area contributed by atoms with Crippen molar-refractivity contribution in [1.29, 1.82) is 0 Å². The third kappa shape index (κ3) is 2.16. The van der Waals surface area contributed by atoms with Crippen molar-refractivity contribution >= 4 is 17.9 Å². The van der Waals surface area contributed by atoms with E-state index in [2.05, 4.69) is 0 Å². The fourth-order valence-corrected chi connectivity index (χ4v) is 2.22. The molecule has 1 aromatic carbocycles. The Hall–Kier alpha value is -2.03. The van der Waals surface area contributed by atoms with Crippen LogP contribution in [0.3, 0.4) is 0 Å². The molecule has 0 saturated heterocycles. The number of carboxylic acid groups (broad SMARTS) is 1. The lowest BCUT2D eigenvalue weighted by atomic mass is 9.89. The van der Waals surface area contributed by atoms with E-state index in [0.29, 0.717) is 0 Å². The van der Waals surface area contributed by atoms with Crippen LogP contribution in [0.5, 0.6) is 0 Å². The van der Waals surface area contributed by atoms with Gasteiger partial charge in [-0.1, -0.05) is 51.1 Å². The molecule has 0 bridgehead atoms. The summed E-state index contributed by atoms with van der Waals surface area (Å²) in [7, 11) is 0. The van der Waals surface area contributed by atoms with Gasteiger partial charge in [-0.2, -0.15) is 0 Å². The molecule has 1 heterocycles. The molecule has 1 amide bonds. The Morgan fingerprint density at radius 3 is 2.50 bits per heavy atom. The molecule has 3 heteroatoms. The zero-order valence-electron chi connectivity index (χ0n) is 10.8. The minimum Gasteiger partial charge on any atom is -0.464 e. The molecule has 1 aliphatic rings. The molecule has 2 rings (SSSR count). The number of amides is 1. The van der Waals surface area contributed by atoms with Crippen LogP contribution in [0.25, 0.3) is 11.8 Å². The van der Waals surface area contributed by atoms with E-state index < -0.39 is 6.09 Å².